The molecule has 0 aliphatic carbocycles. The number of likely N-dealkylation sites (tertiary alicyclic amines) is 1. The summed E-state index contributed by atoms with van der Waals surface area (Å²) in [6, 6.07) is 6.02. The fourth-order valence-electron chi connectivity index (χ4n) is 2.96. The number of hydrogen-bond acceptors (Lipinski definition) is 3. The maximum absolute atomic E-state index is 11.6. The topological polar surface area (TPSA) is 52.6 Å². The zero-order chi connectivity index (χ0) is 14.7. The molecule has 1 aromatic rings. The van der Waals surface area contributed by atoms with Crippen LogP contribution in [-0.2, 0) is 4.79 Å². The molecule has 1 saturated heterocycles. The van der Waals surface area contributed by atoms with Crippen molar-refractivity contribution < 1.29 is 9.90 Å². The largest absolute Gasteiger partial charge is 0.508 e. The quantitative estimate of drug-likeness (QED) is 0.890. The summed E-state index contributed by atoms with van der Waals surface area (Å²) < 4.78 is 0. The third kappa shape index (κ3) is 3.12. The third-order valence-corrected chi connectivity index (χ3v) is 4.33. The van der Waals surface area contributed by atoms with E-state index in [1.165, 1.54) is 0 Å². The van der Waals surface area contributed by atoms with E-state index in [4.69, 9.17) is 0 Å². The Kier molecular flexibility index (Phi) is 4.65. The second kappa shape index (κ2) is 6.27. The van der Waals surface area contributed by atoms with E-state index in [2.05, 4.69) is 17.1 Å². The normalized spacial score (nSPS) is 18.8. The number of aryl methyl sites for hydroxylation is 1. The van der Waals surface area contributed by atoms with Crippen molar-refractivity contribution in [3.63, 3.8) is 0 Å². The average molecular weight is 276 g/mol. The van der Waals surface area contributed by atoms with Crippen molar-refractivity contribution in [2.75, 3.05) is 20.1 Å². The number of nitrogens with zero attached hydrogens (tertiary/aromatic N) is 1. The summed E-state index contributed by atoms with van der Waals surface area (Å²) in [6.45, 7) is 5.88. The van der Waals surface area contributed by atoms with Gasteiger partial charge in [0, 0.05) is 24.6 Å². The lowest BCUT2D eigenvalue weighted by molar-refractivity contribution is -0.126. The van der Waals surface area contributed by atoms with Gasteiger partial charge in [-0.1, -0.05) is 12.1 Å². The second-order valence-corrected chi connectivity index (χ2v) is 5.66. The molecule has 1 amide bonds. The van der Waals surface area contributed by atoms with Crippen LogP contribution in [0, 0.1) is 12.8 Å². The first-order valence-corrected chi connectivity index (χ1v) is 7.28. The van der Waals surface area contributed by atoms with Crippen LogP contribution in [0.25, 0.3) is 0 Å². The number of benzene rings is 1. The highest BCUT2D eigenvalue weighted by molar-refractivity contribution is 5.78. The number of nitrogens with one attached hydrogen (secondary N) is 1. The minimum Gasteiger partial charge on any atom is -0.508 e. The average Bonchev–Trinajstić information content (AvgIpc) is 2.46. The molecule has 1 aromatic carbocycles. The van der Waals surface area contributed by atoms with Gasteiger partial charge in [0.1, 0.15) is 5.75 Å². The van der Waals surface area contributed by atoms with Crippen LogP contribution in [-0.4, -0.2) is 36.1 Å². The van der Waals surface area contributed by atoms with Crippen molar-refractivity contribution in [1.29, 1.82) is 0 Å². The van der Waals surface area contributed by atoms with Crippen LogP contribution < -0.4 is 5.32 Å². The fraction of sp³-hybridized carbons (Fsp3) is 0.562. The zero-order valence-electron chi connectivity index (χ0n) is 12.5. The lowest BCUT2D eigenvalue weighted by atomic mass is 9.93. The number of phenolic OH excluding ortho intramolecular Hbond substituents is 1. The Morgan fingerprint density at radius 2 is 2.05 bits per heavy atom. The number of carbonyl (C=O) groups is 1. The summed E-state index contributed by atoms with van der Waals surface area (Å²) in [7, 11) is 1.70. The van der Waals surface area contributed by atoms with E-state index in [0.29, 0.717) is 5.75 Å². The minimum absolute atomic E-state index is 0.134. The van der Waals surface area contributed by atoms with E-state index in [0.717, 1.165) is 37.1 Å². The van der Waals surface area contributed by atoms with Crippen molar-refractivity contribution in [1.82, 2.24) is 10.2 Å². The second-order valence-electron chi connectivity index (χ2n) is 5.66. The van der Waals surface area contributed by atoms with Gasteiger partial charge in [0.15, 0.2) is 0 Å². The number of rotatable bonds is 3. The molecule has 2 rings (SSSR count). The highest BCUT2D eigenvalue weighted by Crippen LogP contribution is 2.32. The molecule has 0 aromatic heterocycles. The fourth-order valence-corrected chi connectivity index (χ4v) is 2.96. The van der Waals surface area contributed by atoms with Crippen LogP contribution in [0.15, 0.2) is 18.2 Å². The number of aromatic hydroxyl groups is 1. The molecule has 0 bridgehead atoms. The molecule has 0 spiro atoms. The molecular formula is C16H24N2O2. The maximum atomic E-state index is 11.6. The maximum Gasteiger partial charge on any atom is 0.222 e. The molecule has 1 unspecified atom stereocenters. The summed E-state index contributed by atoms with van der Waals surface area (Å²) in [5.41, 5.74) is 2.03. The highest BCUT2D eigenvalue weighted by atomic mass is 16.3. The SMILES string of the molecule is CNC(=O)C1CCN(C(C)c2ccc(C)cc2O)CC1. The smallest absolute Gasteiger partial charge is 0.222 e. The van der Waals surface area contributed by atoms with Crippen LogP contribution in [0.4, 0.5) is 0 Å². The van der Waals surface area contributed by atoms with E-state index >= 15 is 0 Å². The van der Waals surface area contributed by atoms with Crippen molar-refractivity contribution >= 4 is 5.91 Å². The minimum atomic E-state index is 0.134. The molecule has 1 aliphatic heterocycles. The lowest BCUT2D eigenvalue weighted by Crippen LogP contribution is -2.40. The van der Waals surface area contributed by atoms with Crippen molar-refractivity contribution in [2.24, 2.45) is 5.92 Å². The van der Waals surface area contributed by atoms with Gasteiger partial charge >= 0.3 is 0 Å². The molecule has 0 radical (unpaired) electrons. The van der Waals surface area contributed by atoms with E-state index in [9.17, 15) is 9.90 Å². The first kappa shape index (κ1) is 14.9. The van der Waals surface area contributed by atoms with Crippen molar-refractivity contribution in [3.05, 3.63) is 29.3 Å². The monoisotopic (exact) mass is 276 g/mol. The Balaban J connectivity index is 2.01. The Bertz CT molecular complexity index is 479. The number of piperidine rings is 1. The molecule has 20 heavy (non-hydrogen) atoms. The van der Waals surface area contributed by atoms with Gasteiger partial charge in [-0.2, -0.15) is 0 Å². The molecular weight excluding hydrogens is 252 g/mol. The van der Waals surface area contributed by atoms with E-state index < -0.39 is 0 Å². The number of carbonyl (C=O) groups excluding carboxylic acids is 1. The molecule has 4 heteroatoms. The molecule has 1 aliphatic rings. The zero-order valence-corrected chi connectivity index (χ0v) is 12.5. The van der Waals surface area contributed by atoms with Crippen LogP contribution in [0.2, 0.25) is 0 Å². The predicted octanol–water partition coefficient (Wildman–Crippen LogP) is 2.22. The third-order valence-electron chi connectivity index (χ3n) is 4.33. The first-order chi connectivity index (χ1) is 9.52. The Labute approximate surface area is 120 Å². The lowest BCUT2D eigenvalue weighted by Gasteiger charge is -2.35. The number of phenols is 1. The molecule has 4 nitrogen and oxygen atoms in total. The Morgan fingerprint density at radius 1 is 1.40 bits per heavy atom. The summed E-state index contributed by atoms with van der Waals surface area (Å²) >= 11 is 0. The van der Waals surface area contributed by atoms with Crippen molar-refractivity contribution in [2.45, 2.75) is 32.7 Å². The Hall–Kier alpha value is -1.55. The Morgan fingerprint density at radius 3 is 2.60 bits per heavy atom. The summed E-state index contributed by atoms with van der Waals surface area (Å²) in [6.07, 6.45) is 1.77. The number of amides is 1. The number of hydrogen-bond donors (Lipinski definition) is 2. The van der Waals surface area contributed by atoms with E-state index in [1.54, 1.807) is 7.05 Å². The summed E-state index contributed by atoms with van der Waals surface area (Å²) in [4.78, 5) is 14.0. The van der Waals surface area contributed by atoms with Gasteiger partial charge in [-0.3, -0.25) is 9.69 Å². The molecule has 1 heterocycles. The van der Waals surface area contributed by atoms with Crippen LogP contribution in [0.1, 0.15) is 36.9 Å². The highest BCUT2D eigenvalue weighted by Gasteiger charge is 2.27. The molecule has 2 N–H and O–H groups in total. The van der Waals surface area contributed by atoms with Gasteiger partial charge in [0.25, 0.3) is 0 Å². The van der Waals surface area contributed by atoms with Gasteiger partial charge in [0.05, 0.1) is 0 Å². The molecule has 1 fully saturated rings. The van der Waals surface area contributed by atoms with E-state index in [-0.39, 0.29) is 17.9 Å². The van der Waals surface area contributed by atoms with Gasteiger partial charge < -0.3 is 10.4 Å². The van der Waals surface area contributed by atoms with Gasteiger partial charge in [0.2, 0.25) is 5.91 Å². The van der Waals surface area contributed by atoms with Crippen LogP contribution >= 0.6 is 0 Å². The van der Waals surface area contributed by atoms with Crippen LogP contribution in [0.5, 0.6) is 5.75 Å². The molecule has 0 saturated carbocycles. The van der Waals surface area contributed by atoms with Crippen molar-refractivity contribution in [3.8, 4) is 5.75 Å². The standard InChI is InChI=1S/C16H24N2O2/c1-11-4-5-14(15(19)10-11)12(2)18-8-6-13(7-9-18)16(20)17-3/h4-5,10,12-13,19H,6-9H2,1-3H3,(H,17,20). The molecule has 1 atom stereocenters. The first-order valence-electron chi connectivity index (χ1n) is 7.28. The van der Waals surface area contributed by atoms with Gasteiger partial charge in [-0.05, 0) is 51.4 Å². The molecule has 110 valence electrons. The van der Waals surface area contributed by atoms with Gasteiger partial charge in [-0.25, -0.2) is 0 Å². The van der Waals surface area contributed by atoms with Crippen LogP contribution in [0.3, 0.4) is 0 Å². The predicted molar refractivity (Wildman–Crippen MR) is 79.6 cm³/mol. The summed E-state index contributed by atoms with van der Waals surface area (Å²) in [5, 5.41) is 12.8. The van der Waals surface area contributed by atoms with Gasteiger partial charge in [-0.15, -0.1) is 0 Å². The van der Waals surface area contributed by atoms with E-state index in [1.807, 2.05) is 25.1 Å². The summed E-state index contributed by atoms with van der Waals surface area (Å²) in [5.74, 6) is 0.650.